The minimum absolute atomic E-state index is 0.227. The minimum atomic E-state index is -0.227. The standard InChI is InChI=1S/C33H28N2O/c1-22-31-28(21-30(35-22)33(2,3)25-13-8-5-9-14-25)26-15-10-16-27(32(26)36-31)29-20-24(17-18-34-29)19-23-11-6-4-7-12-23/h4-18,20-21H,19H2,1-3H3. The number of pyridine rings is 2. The number of benzene rings is 3. The molecule has 0 saturated carbocycles. The van der Waals surface area contributed by atoms with Crippen molar-refractivity contribution >= 4 is 21.9 Å². The lowest BCUT2D eigenvalue weighted by molar-refractivity contribution is 0.611. The Kier molecular flexibility index (Phi) is 5.41. The molecule has 0 amide bonds. The van der Waals surface area contributed by atoms with Gasteiger partial charge in [-0.1, -0.05) is 86.6 Å². The molecule has 0 atom stereocenters. The number of fused-ring (bicyclic) bond motifs is 3. The van der Waals surface area contributed by atoms with Crippen LogP contribution < -0.4 is 0 Å². The molecule has 0 radical (unpaired) electrons. The topological polar surface area (TPSA) is 38.9 Å². The lowest BCUT2D eigenvalue weighted by atomic mass is 9.80. The molecular weight excluding hydrogens is 440 g/mol. The number of rotatable bonds is 5. The Bertz CT molecular complexity index is 1680. The Morgan fingerprint density at radius 2 is 1.47 bits per heavy atom. The van der Waals surface area contributed by atoms with Crippen LogP contribution in [0.25, 0.3) is 33.2 Å². The third-order valence-electron chi connectivity index (χ3n) is 7.14. The summed E-state index contributed by atoms with van der Waals surface area (Å²) in [6.07, 6.45) is 2.76. The van der Waals surface area contributed by atoms with Crippen molar-refractivity contribution in [3.63, 3.8) is 0 Å². The summed E-state index contributed by atoms with van der Waals surface area (Å²) < 4.78 is 6.50. The molecule has 0 fully saturated rings. The largest absolute Gasteiger partial charge is 0.453 e. The molecule has 176 valence electrons. The molecular formula is C33H28N2O. The van der Waals surface area contributed by atoms with Gasteiger partial charge in [-0.3, -0.25) is 9.97 Å². The van der Waals surface area contributed by atoms with Gasteiger partial charge in [-0.2, -0.15) is 0 Å². The van der Waals surface area contributed by atoms with E-state index < -0.39 is 0 Å². The Labute approximate surface area is 211 Å². The van der Waals surface area contributed by atoms with Crippen LogP contribution in [-0.2, 0) is 11.8 Å². The van der Waals surface area contributed by atoms with Gasteiger partial charge in [-0.25, -0.2) is 0 Å². The molecule has 6 rings (SSSR count). The van der Waals surface area contributed by atoms with Crippen molar-refractivity contribution in [2.45, 2.75) is 32.6 Å². The second-order valence-electron chi connectivity index (χ2n) is 9.96. The van der Waals surface area contributed by atoms with Gasteiger partial charge in [0, 0.05) is 27.9 Å². The van der Waals surface area contributed by atoms with Crippen LogP contribution in [0.15, 0.2) is 108 Å². The first-order valence-electron chi connectivity index (χ1n) is 12.4. The molecule has 6 aromatic rings. The van der Waals surface area contributed by atoms with E-state index in [2.05, 4.69) is 105 Å². The van der Waals surface area contributed by atoms with Crippen LogP contribution in [0.5, 0.6) is 0 Å². The van der Waals surface area contributed by atoms with Crippen LogP contribution in [0.4, 0.5) is 0 Å². The molecule has 0 spiro atoms. The van der Waals surface area contributed by atoms with Crippen molar-refractivity contribution in [1.82, 2.24) is 9.97 Å². The van der Waals surface area contributed by atoms with E-state index in [0.717, 1.165) is 51.0 Å². The molecule has 0 unspecified atom stereocenters. The van der Waals surface area contributed by atoms with Crippen molar-refractivity contribution < 1.29 is 4.42 Å². The molecule has 3 aromatic heterocycles. The molecule has 0 bridgehead atoms. The van der Waals surface area contributed by atoms with E-state index in [9.17, 15) is 0 Å². The summed E-state index contributed by atoms with van der Waals surface area (Å²) >= 11 is 0. The molecule has 3 aromatic carbocycles. The molecule has 3 heteroatoms. The predicted octanol–water partition coefficient (Wildman–Crippen LogP) is 8.27. The van der Waals surface area contributed by atoms with Gasteiger partial charge in [-0.05, 0) is 54.3 Å². The molecule has 0 aliphatic rings. The lowest BCUT2D eigenvalue weighted by Gasteiger charge is -2.25. The zero-order chi connectivity index (χ0) is 24.7. The number of hydrogen-bond donors (Lipinski definition) is 0. The smallest absolute Gasteiger partial charge is 0.156 e. The van der Waals surface area contributed by atoms with Crippen molar-refractivity contribution in [3.05, 3.63) is 131 Å². The van der Waals surface area contributed by atoms with Crippen LogP contribution in [0, 0.1) is 6.92 Å². The van der Waals surface area contributed by atoms with Gasteiger partial charge in [0.05, 0.1) is 17.1 Å². The number of aromatic nitrogens is 2. The van der Waals surface area contributed by atoms with E-state index in [-0.39, 0.29) is 5.41 Å². The highest BCUT2D eigenvalue weighted by Gasteiger charge is 2.27. The third kappa shape index (κ3) is 3.87. The highest BCUT2D eigenvalue weighted by atomic mass is 16.3. The van der Waals surface area contributed by atoms with Gasteiger partial charge in [-0.15, -0.1) is 0 Å². The maximum Gasteiger partial charge on any atom is 0.156 e. The van der Waals surface area contributed by atoms with Gasteiger partial charge < -0.3 is 4.42 Å². The molecule has 3 heterocycles. The van der Waals surface area contributed by atoms with Crippen molar-refractivity contribution in [2.24, 2.45) is 0 Å². The summed E-state index contributed by atoms with van der Waals surface area (Å²) in [7, 11) is 0. The number of furan rings is 1. The summed E-state index contributed by atoms with van der Waals surface area (Å²) in [4.78, 5) is 9.71. The average Bonchev–Trinajstić information content (AvgIpc) is 3.30. The zero-order valence-corrected chi connectivity index (χ0v) is 20.8. The summed E-state index contributed by atoms with van der Waals surface area (Å²) in [5, 5.41) is 2.19. The maximum atomic E-state index is 6.50. The number of para-hydroxylation sites is 1. The second-order valence-corrected chi connectivity index (χ2v) is 9.96. The second kappa shape index (κ2) is 8.76. The molecule has 0 aliphatic heterocycles. The van der Waals surface area contributed by atoms with Crippen molar-refractivity contribution in [3.8, 4) is 11.3 Å². The fourth-order valence-electron chi connectivity index (χ4n) is 5.04. The van der Waals surface area contributed by atoms with E-state index in [1.165, 1.54) is 16.7 Å². The van der Waals surface area contributed by atoms with Gasteiger partial charge in [0.15, 0.2) is 5.58 Å². The highest BCUT2D eigenvalue weighted by Crippen LogP contribution is 2.39. The van der Waals surface area contributed by atoms with Gasteiger partial charge in [0.1, 0.15) is 5.58 Å². The number of nitrogens with zero attached hydrogens (tertiary/aromatic N) is 2. The third-order valence-corrected chi connectivity index (χ3v) is 7.14. The van der Waals surface area contributed by atoms with E-state index in [4.69, 9.17) is 14.4 Å². The lowest BCUT2D eigenvalue weighted by Crippen LogP contribution is -2.20. The summed E-state index contributed by atoms with van der Waals surface area (Å²) in [5.74, 6) is 0. The monoisotopic (exact) mass is 468 g/mol. The van der Waals surface area contributed by atoms with Crippen LogP contribution in [-0.4, -0.2) is 9.97 Å². The van der Waals surface area contributed by atoms with Crippen molar-refractivity contribution in [2.75, 3.05) is 0 Å². The van der Waals surface area contributed by atoms with Gasteiger partial charge in [0.25, 0.3) is 0 Å². The van der Waals surface area contributed by atoms with Crippen LogP contribution >= 0.6 is 0 Å². The van der Waals surface area contributed by atoms with Crippen molar-refractivity contribution in [1.29, 1.82) is 0 Å². The first kappa shape index (κ1) is 22.2. The molecule has 0 saturated heterocycles. The molecule has 0 N–H and O–H groups in total. The number of hydrogen-bond acceptors (Lipinski definition) is 3. The first-order chi connectivity index (χ1) is 17.5. The Morgan fingerprint density at radius 3 is 2.25 bits per heavy atom. The van der Waals surface area contributed by atoms with E-state index >= 15 is 0 Å². The Balaban J connectivity index is 1.47. The minimum Gasteiger partial charge on any atom is -0.453 e. The maximum absolute atomic E-state index is 6.50. The molecule has 3 nitrogen and oxygen atoms in total. The molecule has 0 aliphatic carbocycles. The van der Waals surface area contributed by atoms with Crippen LogP contribution in [0.2, 0.25) is 0 Å². The molecule has 36 heavy (non-hydrogen) atoms. The van der Waals surface area contributed by atoms with Gasteiger partial charge >= 0.3 is 0 Å². The normalized spacial score (nSPS) is 11.9. The van der Waals surface area contributed by atoms with Crippen LogP contribution in [0.1, 0.15) is 41.9 Å². The fourth-order valence-corrected chi connectivity index (χ4v) is 5.04. The van der Waals surface area contributed by atoms with Gasteiger partial charge in [0.2, 0.25) is 0 Å². The SMILES string of the molecule is Cc1nc(C(C)(C)c2ccccc2)cc2c1oc1c(-c3cc(Cc4ccccc4)ccn3)cccc12. The highest BCUT2D eigenvalue weighted by molar-refractivity contribution is 6.10. The zero-order valence-electron chi connectivity index (χ0n) is 20.8. The Hall–Kier alpha value is -4.24. The fraction of sp³-hybridized carbons (Fsp3) is 0.152. The van der Waals surface area contributed by atoms with E-state index in [1.807, 2.05) is 19.2 Å². The quantitative estimate of drug-likeness (QED) is 0.256. The summed E-state index contributed by atoms with van der Waals surface area (Å²) in [6.45, 7) is 6.49. The van der Waals surface area contributed by atoms with Crippen LogP contribution in [0.3, 0.4) is 0 Å². The Morgan fingerprint density at radius 1 is 0.722 bits per heavy atom. The van der Waals surface area contributed by atoms with E-state index in [0.29, 0.717) is 0 Å². The van der Waals surface area contributed by atoms with E-state index in [1.54, 1.807) is 0 Å². The summed E-state index contributed by atoms with van der Waals surface area (Å²) in [6, 6.07) is 33.9. The number of aryl methyl sites for hydroxylation is 1. The predicted molar refractivity (Wildman–Crippen MR) is 147 cm³/mol. The first-order valence-corrected chi connectivity index (χ1v) is 12.4. The average molecular weight is 469 g/mol. The summed E-state index contributed by atoms with van der Waals surface area (Å²) in [5.41, 5.74) is 9.08.